The lowest BCUT2D eigenvalue weighted by Gasteiger charge is -2.06. The molecular weight excluding hydrogens is 468 g/mol. The molecule has 1 saturated heterocycles. The van der Waals surface area contributed by atoms with Crippen molar-refractivity contribution in [3.63, 3.8) is 0 Å². The molecule has 2 aromatic carbocycles. The van der Waals surface area contributed by atoms with Crippen LogP contribution in [0.15, 0.2) is 50.8 Å². The zero-order valence-corrected chi connectivity index (χ0v) is 17.7. The van der Waals surface area contributed by atoms with Crippen LogP contribution in [0.25, 0.3) is 6.08 Å². The second-order valence-electron chi connectivity index (χ2n) is 5.78. The summed E-state index contributed by atoms with van der Waals surface area (Å²) in [6.07, 6.45) is 1.73. The molecule has 0 aliphatic carbocycles. The van der Waals surface area contributed by atoms with E-state index in [1.54, 1.807) is 36.4 Å². The maximum atomic E-state index is 12.2. The lowest BCUT2D eigenvalue weighted by Crippen LogP contribution is -2.19. The maximum absolute atomic E-state index is 12.2. The van der Waals surface area contributed by atoms with Gasteiger partial charge in [-0.15, -0.1) is 0 Å². The Hall–Kier alpha value is -2.29. The summed E-state index contributed by atoms with van der Waals surface area (Å²) in [5.41, 5.74) is 2.40. The summed E-state index contributed by atoms with van der Waals surface area (Å²) in [5, 5.41) is 12.5. The Morgan fingerprint density at radius 2 is 2.14 bits per heavy atom. The SMILES string of the molecule is Cc1cc(Cl)ccc1N=C1NC(=O)/C(=C/c2ccc(OCC(=O)O)c(Br)c2)S1. The Kier molecular flexibility index (Phi) is 6.43. The van der Waals surface area contributed by atoms with Gasteiger partial charge in [0, 0.05) is 5.02 Å². The van der Waals surface area contributed by atoms with Crippen LogP contribution in [0.5, 0.6) is 5.75 Å². The number of amidine groups is 1. The lowest BCUT2D eigenvalue weighted by molar-refractivity contribution is -0.139. The molecule has 2 aromatic rings. The van der Waals surface area contributed by atoms with Crippen molar-refractivity contribution >= 4 is 68.1 Å². The molecule has 28 heavy (non-hydrogen) atoms. The van der Waals surface area contributed by atoms with Gasteiger partial charge in [-0.1, -0.05) is 17.7 Å². The third kappa shape index (κ3) is 5.15. The molecule has 1 aliphatic rings. The smallest absolute Gasteiger partial charge is 0.341 e. The Labute approximate surface area is 178 Å². The molecule has 1 fully saturated rings. The van der Waals surface area contributed by atoms with E-state index in [1.807, 2.05) is 13.0 Å². The second-order valence-corrected chi connectivity index (χ2v) is 8.11. The van der Waals surface area contributed by atoms with E-state index in [0.717, 1.165) is 16.8 Å². The van der Waals surface area contributed by atoms with E-state index in [2.05, 4.69) is 26.2 Å². The van der Waals surface area contributed by atoms with E-state index in [1.165, 1.54) is 11.8 Å². The summed E-state index contributed by atoms with van der Waals surface area (Å²) in [4.78, 5) is 27.8. The topological polar surface area (TPSA) is 88.0 Å². The molecule has 0 aromatic heterocycles. The van der Waals surface area contributed by atoms with Gasteiger partial charge in [-0.3, -0.25) is 4.79 Å². The van der Waals surface area contributed by atoms with Crippen LogP contribution in [0.1, 0.15) is 11.1 Å². The number of amides is 1. The minimum atomic E-state index is -1.06. The van der Waals surface area contributed by atoms with Crippen LogP contribution >= 0.6 is 39.3 Å². The molecule has 9 heteroatoms. The van der Waals surface area contributed by atoms with Crippen LogP contribution in [0.4, 0.5) is 5.69 Å². The van der Waals surface area contributed by atoms with E-state index in [-0.39, 0.29) is 5.91 Å². The minimum absolute atomic E-state index is 0.238. The maximum Gasteiger partial charge on any atom is 0.341 e. The van der Waals surface area contributed by atoms with Crippen LogP contribution in [-0.4, -0.2) is 28.8 Å². The predicted molar refractivity (Wildman–Crippen MR) is 114 cm³/mol. The normalized spacial score (nSPS) is 16.5. The quantitative estimate of drug-likeness (QED) is 0.601. The minimum Gasteiger partial charge on any atom is -0.481 e. The number of nitrogens with one attached hydrogen (secondary N) is 1. The fourth-order valence-corrected chi connectivity index (χ4v) is 3.92. The summed E-state index contributed by atoms with van der Waals surface area (Å²) < 4.78 is 5.76. The molecule has 3 rings (SSSR count). The van der Waals surface area contributed by atoms with Crippen molar-refractivity contribution in [1.82, 2.24) is 5.32 Å². The monoisotopic (exact) mass is 480 g/mol. The van der Waals surface area contributed by atoms with Crippen molar-refractivity contribution in [2.75, 3.05) is 6.61 Å². The second kappa shape index (κ2) is 8.81. The van der Waals surface area contributed by atoms with Crippen molar-refractivity contribution in [3.8, 4) is 5.75 Å². The molecule has 1 aliphatic heterocycles. The number of nitrogens with zero attached hydrogens (tertiary/aromatic N) is 1. The van der Waals surface area contributed by atoms with Crippen LogP contribution in [0, 0.1) is 6.92 Å². The van der Waals surface area contributed by atoms with Gasteiger partial charge in [0.1, 0.15) is 5.75 Å². The molecule has 1 amide bonds. The number of carboxylic acid groups (broad SMARTS) is 1. The number of benzene rings is 2. The van der Waals surface area contributed by atoms with Crippen molar-refractivity contribution in [2.45, 2.75) is 6.92 Å². The highest BCUT2D eigenvalue weighted by molar-refractivity contribution is 9.10. The van der Waals surface area contributed by atoms with Crippen molar-refractivity contribution in [3.05, 3.63) is 61.9 Å². The molecule has 0 atom stereocenters. The summed E-state index contributed by atoms with van der Waals surface area (Å²) in [6.45, 7) is 1.47. The number of aliphatic imine (C=N–C) groups is 1. The molecule has 0 unspecified atom stereocenters. The van der Waals surface area contributed by atoms with Crippen molar-refractivity contribution < 1.29 is 19.4 Å². The highest BCUT2D eigenvalue weighted by Gasteiger charge is 2.24. The average Bonchev–Trinajstić information content (AvgIpc) is 2.96. The first-order chi connectivity index (χ1) is 13.3. The van der Waals surface area contributed by atoms with Gasteiger partial charge in [-0.25, -0.2) is 9.79 Å². The average molecular weight is 482 g/mol. The van der Waals surface area contributed by atoms with Crippen LogP contribution in [-0.2, 0) is 9.59 Å². The highest BCUT2D eigenvalue weighted by atomic mass is 79.9. The number of rotatable bonds is 5. The molecule has 6 nitrogen and oxygen atoms in total. The van der Waals surface area contributed by atoms with Crippen LogP contribution < -0.4 is 10.1 Å². The summed E-state index contributed by atoms with van der Waals surface area (Å²) in [7, 11) is 0. The Bertz CT molecular complexity index is 1020. The summed E-state index contributed by atoms with van der Waals surface area (Å²) >= 11 is 10.5. The number of ether oxygens (including phenoxy) is 1. The molecule has 0 radical (unpaired) electrons. The van der Waals surface area contributed by atoms with E-state index >= 15 is 0 Å². The van der Waals surface area contributed by atoms with Gasteiger partial charge in [-0.2, -0.15) is 0 Å². The third-order valence-corrected chi connectivity index (χ3v) is 5.40. The molecule has 2 N–H and O–H groups in total. The lowest BCUT2D eigenvalue weighted by atomic mass is 10.2. The third-order valence-electron chi connectivity index (χ3n) is 3.64. The Morgan fingerprint density at radius 3 is 2.82 bits per heavy atom. The number of hydrogen-bond acceptors (Lipinski definition) is 5. The number of aliphatic carboxylic acids is 1. The van der Waals surface area contributed by atoms with Gasteiger partial charge in [0.25, 0.3) is 5.91 Å². The fourth-order valence-electron chi connectivity index (χ4n) is 2.35. The zero-order valence-electron chi connectivity index (χ0n) is 14.5. The standard InChI is InChI=1S/C19H14BrClN2O4S/c1-10-6-12(21)3-4-14(10)22-19-23-18(26)16(28-19)8-11-2-5-15(13(20)7-11)27-9-17(24)25/h2-8H,9H2,1H3,(H,24,25)(H,22,23,26)/b16-8-. The van der Waals surface area contributed by atoms with Crippen LogP contribution in [0.3, 0.4) is 0 Å². The number of hydrogen-bond donors (Lipinski definition) is 2. The van der Waals surface area contributed by atoms with Gasteiger partial charge in [-0.05, 0) is 82.2 Å². The number of carbonyl (C=O) groups excluding carboxylic acids is 1. The first-order valence-corrected chi connectivity index (χ1v) is 10.0. The Morgan fingerprint density at radius 1 is 1.36 bits per heavy atom. The van der Waals surface area contributed by atoms with Crippen molar-refractivity contribution in [2.24, 2.45) is 4.99 Å². The number of carbonyl (C=O) groups is 2. The summed E-state index contributed by atoms with van der Waals surface area (Å²) in [5.74, 6) is -0.883. The summed E-state index contributed by atoms with van der Waals surface area (Å²) in [6, 6.07) is 10.5. The number of aryl methyl sites for hydroxylation is 1. The molecule has 0 saturated carbocycles. The molecule has 0 bridgehead atoms. The van der Waals surface area contributed by atoms with Gasteiger partial charge in [0.15, 0.2) is 11.8 Å². The number of carboxylic acids is 1. The first-order valence-electron chi connectivity index (χ1n) is 8.02. The van der Waals surface area contributed by atoms with Gasteiger partial charge in [0.2, 0.25) is 0 Å². The molecular formula is C19H14BrClN2O4S. The van der Waals surface area contributed by atoms with E-state index in [0.29, 0.717) is 25.3 Å². The number of halogens is 2. The zero-order chi connectivity index (χ0) is 20.3. The van der Waals surface area contributed by atoms with Gasteiger partial charge < -0.3 is 15.2 Å². The highest BCUT2D eigenvalue weighted by Crippen LogP contribution is 2.32. The fraction of sp³-hybridized carbons (Fsp3) is 0.105. The van der Waals surface area contributed by atoms with Crippen molar-refractivity contribution in [1.29, 1.82) is 0 Å². The largest absolute Gasteiger partial charge is 0.481 e. The predicted octanol–water partition coefficient (Wildman–Crippen LogP) is 4.77. The first kappa shape index (κ1) is 20.4. The number of thioether (sulfide) groups is 1. The molecule has 144 valence electrons. The molecule has 0 spiro atoms. The van der Waals surface area contributed by atoms with E-state index in [4.69, 9.17) is 21.4 Å². The molecule has 1 heterocycles. The van der Waals surface area contributed by atoms with E-state index < -0.39 is 12.6 Å². The van der Waals surface area contributed by atoms with Gasteiger partial charge in [0.05, 0.1) is 15.1 Å². The van der Waals surface area contributed by atoms with Crippen LogP contribution in [0.2, 0.25) is 5.02 Å². The van der Waals surface area contributed by atoms with Gasteiger partial charge >= 0.3 is 5.97 Å². The van der Waals surface area contributed by atoms with E-state index in [9.17, 15) is 9.59 Å². The Balaban J connectivity index is 1.78.